The maximum Gasteiger partial charge on any atom is 0.119 e. The fourth-order valence-corrected chi connectivity index (χ4v) is 2.94. The Labute approximate surface area is 137 Å². The maximum absolute atomic E-state index is 5.33. The Balaban J connectivity index is 1.64. The lowest BCUT2D eigenvalue weighted by molar-refractivity contribution is 0.415. The maximum atomic E-state index is 5.33. The standard InChI is InChI=1S/C20H24N2O/c1-22(2)17-9-7-15(8-10-17)5-4-6-16-14-21-20-12-11-18(23-3)13-19(16)20/h7-14,21H,4-6H2,1-3H3. The van der Waals surface area contributed by atoms with E-state index in [-0.39, 0.29) is 0 Å². The third-order valence-electron chi connectivity index (χ3n) is 4.34. The summed E-state index contributed by atoms with van der Waals surface area (Å²) in [6, 6.07) is 15.0. The lowest BCUT2D eigenvalue weighted by atomic mass is 10.0. The van der Waals surface area contributed by atoms with Crippen LogP contribution in [0.1, 0.15) is 17.5 Å². The molecule has 0 atom stereocenters. The zero-order valence-electron chi connectivity index (χ0n) is 14.1. The minimum atomic E-state index is 0.914. The molecule has 0 spiro atoms. The van der Waals surface area contributed by atoms with Crippen LogP contribution >= 0.6 is 0 Å². The number of H-pyrrole nitrogens is 1. The lowest BCUT2D eigenvalue weighted by Crippen LogP contribution is -2.08. The summed E-state index contributed by atoms with van der Waals surface area (Å²) in [7, 11) is 5.85. The van der Waals surface area contributed by atoms with Crippen molar-refractivity contribution in [2.45, 2.75) is 19.3 Å². The normalized spacial score (nSPS) is 10.9. The minimum absolute atomic E-state index is 0.914. The Bertz CT molecular complexity index is 772. The van der Waals surface area contributed by atoms with Gasteiger partial charge in [0.15, 0.2) is 0 Å². The summed E-state index contributed by atoms with van der Waals surface area (Å²) in [5.41, 5.74) is 5.19. The number of hydrogen-bond donors (Lipinski definition) is 1. The van der Waals surface area contributed by atoms with Gasteiger partial charge in [-0.25, -0.2) is 0 Å². The number of methoxy groups -OCH3 is 1. The van der Waals surface area contributed by atoms with Crippen molar-refractivity contribution in [1.82, 2.24) is 4.98 Å². The molecule has 1 heterocycles. The molecule has 1 aromatic heterocycles. The van der Waals surface area contributed by atoms with E-state index in [1.165, 1.54) is 27.7 Å². The molecule has 0 aliphatic rings. The summed E-state index contributed by atoms with van der Waals surface area (Å²) >= 11 is 0. The van der Waals surface area contributed by atoms with Gasteiger partial charge in [-0.05, 0) is 60.7 Å². The topological polar surface area (TPSA) is 28.3 Å². The first kappa shape index (κ1) is 15.5. The van der Waals surface area contributed by atoms with Crippen molar-refractivity contribution >= 4 is 16.6 Å². The molecule has 2 aromatic carbocycles. The lowest BCUT2D eigenvalue weighted by Gasteiger charge is -2.12. The summed E-state index contributed by atoms with van der Waals surface area (Å²) in [6.45, 7) is 0. The van der Waals surface area contributed by atoms with Gasteiger partial charge in [0.05, 0.1) is 7.11 Å². The van der Waals surface area contributed by atoms with E-state index in [2.05, 4.69) is 66.6 Å². The Morgan fingerprint density at radius 2 is 1.78 bits per heavy atom. The highest BCUT2D eigenvalue weighted by atomic mass is 16.5. The van der Waals surface area contributed by atoms with Crippen LogP contribution in [-0.2, 0) is 12.8 Å². The number of ether oxygens (including phenoxy) is 1. The predicted molar refractivity (Wildman–Crippen MR) is 97.6 cm³/mol. The molecule has 0 unspecified atom stereocenters. The van der Waals surface area contributed by atoms with Crippen LogP contribution < -0.4 is 9.64 Å². The van der Waals surface area contributed by atoms with Gasteiger partial charge in [0.1, 0.15) is 5.75 Å². The quantitative estimate of drug-likeness (QED) is 0.730. The molecule has 0 amide bonds. The first-order valence-corrected chi connectivity index (χ1v) is 8.07. The van der Waals surface area contributed by atoms with E-state index in [0.29, 0.717) is 0 Å². The number of rotatable bonds is 6. The van der Waals surface area contributed by atoms with Gasteiger partial charge in [0, 0.05) is 36.9 Å². The molecule has 3 heteroatoms. The summed E-state index contributed by atoms with van der Waals surface area (Å²) in [6.07, 6.45) is 5.44. The molecule has 23 heavy (non-hydrogen) atoms. The highest BCUT2D eigenvalue weighted by molar-refractivity contribution is 5.84. The monoisotopic (exact) mass is 308 g/mol. The first-order chi connectivity index (χ1) is 11.2. The fourth-order valence-electron chi connectivity index (χ4n) is 2.94. The van der Waals surface area contributed by atoms with Crippen molar-refractivity contribution in [2.75, 3.05) is 26.1 Å². The van der Waals surface area contributed by atoms with E-state index >= 15 is 0 Å². The van der Waals surface area contributed by atoms with Crippen molar-refractivity contribution in [3.8, 4) is 5.75 Å². The summed E-state index contributed by atoms with van der Waals surface area (Å²) < 4.78 is 5.33. The number of fused-ring (bicyclic) bond motifs is 1. The number of nitrogens with zero attached hydrogens (tertiary/aromatic N) is 1. The molecule has 0 aliphatic carbocycles. The Morgan fingerprint density at radius 3 is 2.48 bits per heavy atom. The average Bonchev–Trinajstić information content (AvgIpc) is 2.97. The number of aromatic nitrogens is 1. The van der Waals surface area contributed by atoms with Crippen molar-refractivity contribution in [3.63, 3.8) is 0 Å². The van der Waals surface area contributed by atoms with Gasteiger partial charge in [0.2, 0.25) is 0 Å². The highest BCUT2D eigenvalue weighted by Gasteiger charge is 2.05. The van der Waals surface area contributed by atoms with Gasteiger partial charge in [0.25, 0.3) is 0 Å². The van der Waals surface area contributed by atoms with Crippen molar-refractivity contribution < 1.29 is 4.74 Å². The number of aromatic amines is 1. The number of aryl methyl sites for hydroxylation is 2. The Hall–Kier alpha value is -2.42. The fraction of sp³-hybridized carbons (Fsp3) is 0.300. The third-order valence-corrected chi connectivity index (χ3v) is 4.34. The summed E-state index contributed by atoms with van der Waals surface area (Å²) in [4.78, 5) is 5.48. The van der Waals surface area contributed by atoms with E-state index in [1.54, 1.807) is 7.11 Å². The van der Waals surface area contributed by atoms with Gasteiger partial charge in [-0.1, -0.05) is 12.1 Å². The number of nitrogens with one attached hydrogen (secondary N) is 1. The van der Waals surface area contributed by atoms with E-state index in [4.69, 9.17) is 4.74 Å². The highest BCUT2D eigenvalue weighted by Crippen LogP contribution is 2.25. The largest absolute Gasteiger partial charge is 0.497 e. The Morgan fingerprint density at radius 1 is 1.00 bits per heavy atom. The van der Waals surface area contributed by atoms with Crippen molar-refractivity contribution in [2.24, 2.45) is 0 Å². The molecule has 0 saturated carbocycles. The second kappa shape index (κ2) is 6.78. The predicted octanol–water partition coefficient (Wildman–Crippen LogP) is 4.42. The zero-order chi connectivity index (χ0) is 16.2. The molecular weight excluding hydrogens is 284 g/mol. The van der Waals surface area contributed by atoms with Gasteiger partial charge in [-0.3, -0.25) is 0 Å². The molecule has 120 valence electrons. The molecule has 0 fully saturated rings. The smallest absolute Gasteiger partial charge is 0.119 e. The van der Waals surface area contributed by atoms with E-state index < -0.39 is 0 Å². The number of anilines is 1. The SMILES string of the molecule is COc1ccc2[nH]cc(CCCc3ccc(N(C)C)cc3)c2c1. The summed E-state index contributed by atoms with van der Waals surface area (Å²) in [5, 5.41) is 1.27. The van der Waals surface area contributed by atoms with Crippen molar-refractivity contribution in [3.05, 3.63) is 59.8 Å². The molecule has 0 saturated heterocycles. The van der Waals surface area contributed by atoms with E-state index in [0.717, 1.165) is 25.0 Å². The Kier molecular flexibility index (Phi) is 4.56. The molecule has 0 aliphatic heterocycles. The van der Waals surface area contributed by atoms with Crippen LogP contribution in [0.3, 0.4) is 0 Å². The second-order valence-electron chi connectivity index (χ2n) is 6.14. The van der Waals surface area contributed by atoms with Crippen LogP contribution in [0.15, 0.2) is 48.7 Å². The van der Waals surface area contributed by atoms with Crippen LogP contribution in [0.2, 0.25) is 0 Å². The first-order valence-electron chi connectivity index (χ1n) is 8.07. The van der Waals surface area contributed by atoms with Gasteiger partial charge >= 0.3 is 0 Å². The molecule has 1 N–H and O–H groups in total. The van der Waals surface area contributed by atoms with Crippen LogP contribution in [0, 0.1) is 0 Å². The summed E-state index contributed by atoms with van der Waals surface area (Å²) in [5.74, 6) is 0.914. The molecule has 3 aromatic rings. The average molecular weight is 308 g/mol. The molecular formula is C20H24N2O. The van der Waals surface area contributed by atoms with Crippen LogP contribution in [0.25, 0.3) is 10.9 Å². The van der Waals surface area contributed by atoms with Crippen LogP contribution in [0.4, 0.5) is 5.69 Å². The van der Waals surface area contributed by atoms with Gasteiger partial charge in [-0.2, -0.15) is 0 Å². The number of benzene rings is 2. The molecule has 0 bridgehead atoms. The van der Waals surface area contributed by atoms with Crippen LogP contribution in [0.5, 0.6) is 5.75 Å². The van der Waals surface area contributed by atoms with Gasteiger partial charge < -0.3 is 14.6 Å². The van der Waals surface area contributed by atoms with Crippen molar-refractivity contribution in [1.29, 1.82) is 0 Å². The molecule has 3 rings (SSSR count). The molecule has 3 nitrogen and oxygen atoms in total. The van der Waals surface area contributed by atoms with Gasteiger partial charge in [-0.15, -0.1) is 0 Å². The zero-order valence-corrected chi connectivity index (χ0v) is 14.1. The minimum Gasteiger partial charge on any atom is -0.497 e. The second-order valence-corrected chi connectivity index (χ2v) is 6.14. The van der Waals surface area contributed by atoms with E-state index in [9.17, 15) is 0 Å². The number of hydrogen-bond acceptors (Lipinski definition) is 2. The van der Waals surface area contributed by atoms with Crippen LogP contribution in [-0.4, -0.2) is 26.2 Å². The molecule has 0 radical (unpaired) electrons. The van der Waals surface area contributed by atoms with E-state index in [1.807, 2.05) is 6.07 Å². The third kappa shape index (κ3) is 3.50.